The SMILES string of the molecule is O=C(Nc1ccc(F)cc1)c1nnc(C2CCCN2C(=O)c2ccc(Br)o2)s1. The highest BCUT2D eigenvalue weighted by Gasteiger charge is 2.34. The van der Waals surface area contributed by atoms with E-state index >= 15 is 0 Å². The van der Waals surface area contributed by atoms with E-state index in [0.29, 0.717) is 21.9 Å². The van der Waals surface area contributed by atoms with Crippen molar-refractivity contribution in [2.75, 3.05) is 11.9 Å². The largest absolute Gasteiger partial charge is 0.444 e. The second-order valence-corrected chi connectivity index (χ2v) is 7.96. The molecule has 7 nitrogen and oxygen atoms in total. The van der Waals surface area contributed by atoms with Gasteiger partial charge in [-0.05, 0) is 65.2 Å². The molecule has 0 saturated carbocycles. The van der Waals surface area contributed by atoms with Gasteiger partial charge in [0.15, 0.2) is 10.4 Å². The molecule has 1 aromatic carbocycles. The van der Waals surface area contributed by atoms with Crippen molar-refractivity contribution in [2.45, 2.75) is 18.9 Å². The van der Waals surface area contributed by atoms with Gasteiger partial charge in [0, 0.05) is 12.2 Å². The van der Waals surface area contributed by atoms with Crippen molar-refractivity contribution in [3.05, 3.63) is 62.7 Å². The lowest BCUT2D eigenvalue weighted by Crippen LogP contribution is -2.30. The van der Waals surface area contributed by atoms with Crippen LogP contribution in [0.2, 0.25) is 0 Å². The average molecular weight is 465 g/mol. The molecule has 0 spiro atoms. The lowest BCUT2D eigenvalue weighted by atomic mass is 10.2. The van der Waals surface area contributed by atoms with Crippen LogP contribution in [0.15, 0.2) is 45.5 Å². The third-order valence-corrected chi connectivity index (χ3v) is 5.77. The summed E-state index contributed by atoms with van der Waals surface area (Å²) in [5.74, 6) is -0.787. The van der Waals surface area contributed by atoms with Gasteiger partial charge in [-0.2, -0.15) is 0 Å². The van der Waals surface area contributed by atoms with Gasteiger partial charge in [0.1, 0.15) is 10.8 Å². The number of carbonyl (C=O) groups is 2. The number of amides is 2. The van der Waals surface area contributed by atoms with Gasteiger partial charge < -0.3 is 14.6 Å². The molecule has 0 aliphatic carbocycles. The van der Waals surface area contributed by atoms with Gasteiger partial charge in [-0.15, -0.1) is 10.2 Å². The van der Waals surface area contributed by atoms with Crippen molar-refractivity contribution in [3.63, 3.8) is 0 Å². The molecule has 2 amide bonds. The Morgan fingerprint density at radius 2 is 2.00 bits per heavy atom. The van der Waals surface area contributed by atoms with Gasteiger partial charge in [-0.3, -0.25) is 9.59 Å². The van der Waals surface area contributed by atoms with Crippen molar-refractivity contribution in [1.29, 1.82) is 0 Å². The van der Waals surface area contributed by atoms with Gasteiger partial charge in [0.05, 0.1) is 6.04 Å². The van der Waals surface area contributed by atoms with Gasteiger partial charge in [-0.25, -0.2) is 4.39 Å². The summed E-state index contributed by atoms with van der Waals surface area (Å²) in [7, 11) is 0. The predicted molar refractivity (Wildman–Crippen MR) is 104 cm³/mol. The normalized spacial score (nSPS) is 16.4. The zero-order valence-corrected chi connectivity index (χ0v) is 16.8. The highest BCUT2D eigenvalue weighted by Crippen LogP contribution is 2.35. The van der Waals surface area contributed by atoms with Crippen LogP contribution in [0.5, 0.6) is 0 Å². The Hall–Kier alpha value is -2.59. The van der Waals surface area contributed by atoms with Crippen LogP contribution in [0.25, 0.3) is 0 Å². The Kier molecular flexibility index (Phi) is 5.23. The quantitative estimate of drug-likeness (QED) is 0.622. The zero-order chi connectivity index (χ0) is 19.7. The minimum Gasteiger partial charge on any atom is -0.444 e. The second-order valence-electron chi connectivity index (χ2n) is 6.17. The Morgan fingerprint density at radius 3 is 2.71 bits per heavy atom. The fourth-order valence-corrected chi connectivity index (χ4v) is 4.21. The summed E-state index contributed by atoms with van der Waals surface area (Å²) in [6.07, 6.45) is 1.57. The minimum atomic E-state index is -0.429. The zero-order valence-electron chi connectivity index (χ0n) is 14.4. The van der Waals surface area contributed by atoms with Crippen LogP contribution in [-0.4, -0.2) is 33.5 Å². The molecule has 3 aromatic rings. The lowest BCUT2D eigenvalue weighted by Gasteiger charge is -2.21. The topological polar surface area (TPSA) is 88.3 Å². The molecule has 1 atom stereocenters. The van der Waals surface area contributed by atoms with Crippen LogP contribution < -0.4 is 5.32 Å². The standard InChI is InChI=1S/C18H14BrFN4O3S/c19-14-8-7-13(27-14)18(26)24-9-1-2-12(24)16-22-23-17(28-16)15(25)21-11-5-3-10(20)4-6-11/h3-8,12H,1-2,9H2,(H,21,25). The van der Waals surface area contributed by atoms with Crippen molar-refractivity contribution >= 4 is 44.8 Å². The Morgan fingerprint density at radius 1 is 1.21 bits per heavy atom. The summed E-state index contributed by atoms with van der Waals surface area (Å²) < 4.78 is 18.8. The highest BCUT2D eigenvalue weighted by atomic mass is 79.9. The lowest BCUT2D eigenvalue weighted by molar-refractivity contribution is 0.0701. The van der Waals surface area contributed by atoms with Crippen LogP contribution in [0.3, 0.4) is 0 Å². The molecule has 2 aromatic heterocycles. The summed E-state index contributed by atoms with van der Waals surface area (Å²) in [6.45, 7) is 0.582. The summed E-state index contributed by atoms with van der Waals surface area (Å²) >= 11 is 4.34. The Bertz CT molecular complexity index is 1020. The number of carbonyl (C=O) groups excluding carboxylic acids is 2. The molecule has 1 fully saturated rings. The van der Waals surface area contributed by atoms with Crippen molar-refractivity contribution in [2.24, 2.45) is 0 Å². The van der Waals surface area contributed by atoms with Crippen LogP contribution in [0, 0.1) is 5.82 Å². The van der Waals surface area contributed by atoms with E-state index in [1.807, 2.05) is 0 Å². The molecule has 28 heavy (non-hydrogen) atoms. The third kappa shape index (κ3) is 3.83. The third-order valence-electron chi connectivity index (χ3n) is 4.32. The number of furan rings is 1. The van der Waals surface area contributed by atoms with E-state index in [1.54, 1.807) is 17.0 Å². The summed E-state index contributed by atoms with van der Waals surface area (Å²) in [5, 5.41) is 11.5. The molecule has 10 heteroatoms. The van der Waals surface area contributed by atoms with Crippen molar-refractivity contribution in [3.8, 4) is 0 Å². The molecule has 0 bridgehead atoms. The number of rotatable bonds is 4. The van der Waals surface area contributed by atoms with Gasteiger partial charge in [0.25, 0.3) is 11.8 Å². The maximum absolute atomic E-state index is 13.0. The van der Waals surface area contributed by atoms with Gasteiger partial charge in [0.2, 0.25) is 5.01 Å². The highest BCUT2D eigenvalue weighted by molar-refractivity contribution is 9.10. The fraction of sp³-hybridized carbons (Fsp3) is 0.222. The van der Waals surface area contributed by atoms with Crippen molar-refractivity contribution in [1.82, 2.24) is 15.1 Å². The monoisotopic (exact) mass is 464 g/mol. The number of hydrogen-bond donors (Lipinski definition) is 1. The predicted octanol–water partition coefficient (Wildman–Crippen LogP) is 4.26. The maximum Gasteiger partial charge on any atom is 0.290 e. The van der Waals surface area contributed by atoms with E-state index in [1.165, 1.54) is 24.3 Å². The number of nitrogens with one attached hydrogen (secondary N) is 1. The molecular weight excluding hydrogens is 451 g/mol. The summed E-state index contributed by atoms with van der Waals surface area (Å²) in [6, 6.07) is 8.49. The molecule has 4 rings (SSSR count). The van der Waals surface area contributed by atoms with E-state index < -0.39 is 5.91 Å². The maximum atomic E-state index is 13.0. The second kappa shape index (κ2) is 7.80. The summed E-state index contributed by atoms with van der Waals surface area (Å²) in [4.78, 5) is 26.8. The molecule has 3 heterocycles. The van der Waals surface area contributed by atoms with Gasteiger partial charge >= 0.3 is 0 Å². The first-order chi connectivity index (χ1) is 13.5. The molecule has 1 N–H and O–H groups in total. The molecular formula is C18H14BrFN4O3S. The minimum absolute atomic E-state index is 0.180. The molecule has 0 radical (unpaired) electrons. The van der Waals surface area contributed by atoms with E-state index in [4.69, 9.17) is 4.42 Å². The van der Waals surface area contributed by atoms with Crippen LogP contribution in [-0.2, 0) is 0 Å². The van der Waals surface area contributed by atoms with Crippen LogP contribution in [0.4, 0.5) is 10.1 Å². The van der Waals surface area contributed by atoms with Crippen molar-refractivity contribution < 1.29 is 18.4 Å². The number of hydrogen-bond acceptors (Lipinski definition) is 6. The Balaban J connectivity index is 1.49. The van der Waals surface area contributed by atoms with E-state index in [0.717, 1.165) is 24.2 Å². The smallest absolute Gasteiger partial charge is 0.290 e. The van der Waals surface area contributed by atoms with E-state index in [2.05, 4.69) is 31.4 Å². The molecule has 1 unspecified atom stereocenters. The fourth-order valence-electron chi connectivity index (χ4n) is 3.02. The molecule has 1 aliphatic heterocycles. The molecule has 1 saturated heterocycles. The van der Waals surface area contributed by atoms with Crippen LogP contribution in [0.1, 0.15) is 44.2 Å². The molecule has 1 aliphatic rings. The van der Waals surface area contributed by atoms with Gasteiger partial charge in [-0.1, -0.05) is 11.3 Å². The number of aromatic nitrogens is 2. The number of nitrogens with zero attached hydrogens (tertiary/aromatic N) is 3. The van der Waals surface area contributed by atoms with E-state index in [9.17, 15) is 14.0 Å². The summed E-state index contributed by atoms with van der Waals surface area (Å²) in [5.41, 5.74) is 0.462. The number of likely N-dealkylation sites (tertiary alicyclic amines) is 1. The van der Waals surface area contributed by atoms with E-state index in [-0.39, 0.29) is 28.5 Å². The first-order valence-corrected chi connectivity index (χ1v) is 10.1. The number of anilines is 1. The number of benzene rings is 1. The average Bonchev–Trinajstić information content (AvgIpc) is 3.42. The number of halogens is 2. The Labute approximate surface area is 171 Å². The molecule has 144 valence electrons. The van der Waals surface area contributed by atoms with Crippen LogP contribution >= 0.6 is 27.3 Å². The first kappa shape index (κ1) is 18.8. The first-order valence-electron chi connectivity index (χ1n) is 8.48.